The van der Waals surface area contributed by atoms with E-state index in [4.69, 9.17) is 16.3 Å². The molecule has 0 amide bonds. The molecular formula is C13H21ClNO2+. The molecule has 1 rings (SSSR count). The summed E-state index contributed by atoms with van der Waals surface area (Å²) in [6, 6.07) is 7.26. The van der Waals surface area contributed by atoms with Gasteiger partial charge in [-0.15, -0.1) is 0 Å². The van der Waals surface area contributed by atoms with Crippen molar-refractivity contribution in [3.8, 4) is 5.75 Å². The molecule has 0 fully saturated rings. The molecule has 96 valence electrons. The number of nitrogens with two attached hydrogens (primary N) is 1. The van der Waals surface area contributed by atoms with E-state index in [1.807, 2.05) is 12.1 Å². The molecule has 3 nitrogen and oxygen atoms in total. The third-order valence-electron chi connectivity index (χ3n) is 2.27. The minimum atomic E-state index is -0.495. The Morgan fingerprint density at radius 2 is 2.00 bits per heavy atom. The topological polar surface area (TPSA) is 46.1 Å². The van der Waals surface area contributed by atoms with Crippen molar-refractivity contribution in [1.29, 1.82) is 0 Å². The lowest BCUT2D eigenvalue weighted by Gasteiger charge is -2.19. The lowest BCUT2D eigenvalue weighted by Crippen LogP contribution is -2.96. The Balaban J connectivity index is 2.34. The maximum Gasteiger partial charge on any atom is 0.138 e. The maximum absolute atomic E-state index is 9.77. The van der Waals surface area contributed by atoms with Crippen molar-refractivity contribution in [2.24, 2.45) is 0 Å². The number of hydrogen-bond donors (Lipinski definition) is 2. The van der Waals surface area contributed by atoms with Crippen LogP contribution in [0.3, 0.4) is 0 Å². The van der Waals surface area contributed by atoms with Gasteiger partial charge < -0.3 is 15.2 Å². The highest BCUT2D eigenvalue weighted by molar-refractivity contribution is 6.32. The van der Waals surface area contributed by atoms with E-state index in [1.165, 1.54) is 0 Å². The van der Waals surface area contributed by atoms with Crippen molar-refractivity contribution in [1.82, 2.24) is 0 Å². The lowest BCUT2D eigenvalue weighted by molar-refractivity contribution is -0.722. The molecule has 0 bridgehead atoms. The zero-order valence-electron chi connectivity index (χ0n) is 10.6. The predicted molar refractivity (Wildman–Crippen MR) is 69.5 cm³/mol. The predicted octanol–water partition coefficient (Wildman–Crippen LogP) is 1.44. The average molecular weight is 259 g/mol. The molecule has 0 heterocycles. The summed E-state index contributed by atoms with van der Waals surface area (Å²) in [5.74, 6) is 0.615. The largest absolute Gasteiger partial charge is 0.489 e. The highest BCUT2D eigenvalue weighted by Crippen LogP contribution is 2.22. The molecule has 0 saturated carbocycles. The Labute approximate surface area is 108 Å². The van der Waals surface area contributed by atoms with Gasteiger partial charge in [0.15, 0.2) is 0 Å². The summed E-state index contributed by atoms with van der Waals surface area (Å²) in [5.41, 5.74) is 0.116. The van der Waals surface area contributed by atoms with E-state index >= 15 is 0 Å². The molecule has 0 unspecified atom stereocenters. The van der Waals surface area contributed by atoms with Crippen LogP contribution < -0.4 is 10.1 Å². The van der Waals surface area contributed by atoms with Crippen LogP contribution in [0.2, 0.25) is 5.02 Å². The number of para-hydroxylation sites is 1. The molecule has 1 aromatic rings. The summed E-state index contributed by atoms with van der Waals surface area (Å²) in [7, 11) is 0. The van der Waals surface area contributed by atoms with Crippen molar-refractivity contribution in [2.45, 2.75) is 32.4 Å². The van der Waals surface area contributed by atoms with Gasteiger partial charge in [-0.2, -0.15) is 0 Å². The number of ether oxygens (including phenoxy) is 1. The van der Waals surface area contributed by atoms with Crippen LogP contribution in [0.25, 0.3) is 0 Å². The minimum absolute atomic E-state index is 0.116. The van der Waals surface area contributed by atoms with Gasteiger partial charge in [0.2, 0.25) is 0 Å². The van der Waals surface area contributed by atoms with Crippen LogP contribution in [0, 0.1) is 0 Å². The van der Waals surface area contributed by atoms with Crippen molar-refractivity contribution < 1.29 is 15.2 Å². The van der Waals surface area contributed by atoms with Crippen LogP contribution in [0.5, 0.6) is 5.75 Å². The smallest absolute Gasteiger partial charge is 0.138 e. The standard InChI is InChI=1S/C13H20ClNO2/c1-13(2,3)15-8-10(16)9-17-12-7-5-4-6-11(12)14/h4-7,10,15-16H,8-9H2,1-3H3/p+1/t10-/m1/s1. The Morgan fingerprint density at radius 3 is 2.59 bits per heavy atom. The van der Waals surface area contributed by atoms with E-state index in [-0.39, 0.29) is 12.1 Å². The fourth-order valence-electron chi connectivity index (χ4n) is 1.31. The first-order valence-electron chi connectivity index (χ1n) is 5.78. The van der Waals surface area contributed by atoms with Gasteiger partial charge in [-0.05, 0) is 32.9 Å². The molecule has 17 heavy (non-hydrogen) atoms. The van der Waals surface area contributed by atoms with Crippen molar-refractivity contribution >= 4 is 11.6 Å². The monoisotopic (exact) mass is 258 g/mol. The third kappa shape index (κ3) is 5.91. The summed E-state index contributed by atoms with van der Waals surface area (Å²) in [6.45, 7) is 7.20. The zero-order valence-corrected chi connectivity index (χ0v) is 11.4. The second-order valence-electron chi connectivity index (χ2n) is 5.20. The fraction of sp³-hybridized carbons (Fsp3) is 0.538. The highest BCUT2D eigenvalue weighted by atomic mass is 35.5. The van der Waals surface area contributed by atoms with Crippen molar-refractivity contribution in [3.63, 3.8) is 0 Å². The number of benzene rings is 1. The first kappa shape index (κ1) is 14.3. The normalized spacial score (nSPS) is 13.5. The molecule has 0 aliphatic carbocycles. The van der Waals surface area contributed by atoms with E-state index in [0.29, 0.717) is 17.3 Å². The van der Waals surface area contributed by atoms with E-state index in [9.17, 15) is 5.11 Å². The van der Waals surface area contributed by atoms with Gasteiger partial charge in [0.1, 0.15) is 25.0 Å². The molecule has 1 atom stereocenters. The maximum atomic E-state index is 9.77. The Bertz CT molecular complexity index is 350. The number of hydrogen-bond acceptors (Lipinski definition) is 2. The summed E-state index contributed by atoms with van der Waals surface area (Å²) >= 11 is 5.94. The molecule has 0 aliphatic rings. The number of quaternary nitrogens is 1. The highest BCUT2D eigenvalue weighted by Gasteiger charge is 2.16. The van der Waals surface area contributed by atoms with Crippen LogP contribution in [-0.4, -0.2) is 29.9 Å². The number of aliphatic hydroxyl groups excluding tert-OH is 1. The van der Waals surface area contributed by atoms with Gasteiger partial charge in [0, 0.05) is 0 Å². The van der Waals surface area contributed by atoms with E-state index in [1.54, 1.807) is 12.1 Å². The van der Waals surface area contributed by atoms with E-state index in [2.05, 4.69) is 26.1 Å². The molecular weight excluding hydrogens is 238 g/mol. The summed E-state index contributed by atoms with van der Waals surface area (Å²) < 4.78 is 5.46. The molecule has 4 heteroatoms. The fourth-order valence-corrected chi connectivity index (χ4v) is 1.50. The van der Waals surface area contributed by atoms with E-state index < -0.39 is 6.10 Å². The second-order valence-corrected chi connectivity index (χ2v) is 5.61. The molecule has 3 N–H and O–H groups in total. The first-order chi connectivity index (χ1) is 7.88. The molecule has 0 saturated heterocycles. The van der Waals surface area contributed by atoms with Crippen LogP contribution in [0.15, 0.2) is 24.3 Å². The van der Waals surface area contributed by atoms with Crippen molar-refractivity contribution in [2.75, 3.05) is 13.2 Å². The third-order valence-corrected chi connectivity index (χ3v) is 2.58. The Morgan fingerprint density at radius 1 is 1.35 bits per heavy atom. The van der Waals surface area contributed by atoms with Gasteiger partial charge in [-0.1, -0.05) is 23.7 Å². The van der Waals surface area contributed by atoms with Gasteiger partial charge in [0.25, 0.3) is 0 Å². The van der Waals surface area contributed by atoms with Gasteiger partial charge in [-0.25, -0.2) is 0 Å². The minimum Gasteiger partial charge on any atom is -0.489 e. The lowest BCUT2D eigenvalue weighted by atomic mass is 10.1. The van der Waals surface area contributed by atoms with Gasteiger partial charge in [0.05, 0.1) is 10.6 Å². The molecule has 0 radical (unpaired) electrons. The van der Waals surface area contributed by atoms with Crippen LogP contribution in [-0.2, 0) is 0 Å². The quantitative estimate of drug-likeness (QED) is 0.840. The SMILES string of the molecule is CC(C)(C)[NH2+]C[C@@H](O)COc1ccccc1Cl. The molecule has 1 aromatic carbocycles. The Kier molecular flexibility index (Phi) is 5.25. The van der Waals surface area contributed by atoms with Crippen LogP contribution in [0.1, 0.15) is 20.8 Å². The zero-order chi connectivity index (χ0) is 12.9. The number of aliphatic hydroxyl groups is 1. The average Bonchev–Trinajstić information content (AvgIpc) is 2.24. The van der Waals surface area contributed by atoms with Gasteiger partial charge >= 0.3 is 0 Å². The van der Waals surface area contributed by atoms with Crippen molar-refractivity contribution in [3.05, 3.63) is 29.3 Å². The summed E-state index contributed by atoms with van der Waals surface area (Å²) in [4.78, 5) is 0. The van der Waals surface area contributed by atoms with Crippen LogP contribution in [0.4, 0.5) is 0 Å². The Hall–Kier alpha value is -0.770. The molecule has 0 aliphatic heterocycles. The van der Waals surface area contributed by atoms with Gasteiger partial charge in [-0.3, -0.25) is 0 Å². The summed E-state index contributed by atoms with van der Waals surface area (Å²) in [6.07, 6.45) is -0.495. The second kappa shape index (κ2) is 6.24. The molecule has 0 spiro atoms. The molecule has 0 aromatic heterocycles. The summed E-state index contributed by atoms with van der Waals surface area (Å²) in [5, 5.41) is 12.4. The number of halogens is 1. The van der Waals surface area contributed by atoms with Crippen LogP contribution >= 0.6 is 11.6 Å². The van der Waals surface area contributed by atoms with E-state index in [0.717, 1.165) is 0 Å². The first-order valence-corrected chi connectivity index (χ1v) is 6.16. The number of rotatable bonds is 5.